The van der Waals surface area contributed by atoms with Crippen LogP contribution in [0.25, 0.3) is 0 Å². The van der Waals surface area contributed by atoms with Gasteiger partial charge < -0.3 is 26.0 Å². The first-order chi connectivity index (χ1) is 15.5. The number of amides is 1. The summed E-state index contributed by atoms with van der Waals surface area (Å²) in [7, 11) is 0. The lowest BCUT2D eigenvalue weighted by Gasteiger charge is -2.35. The molecule has 0 spiro atoms. The average molecular weight is 436 g/mol. The van der Waals surface area contributed by atoms with Gasteiger partial charge in [-0.25, -0.2) is 4.98 Å². The fraction of sp³-hybridized carbons (Fsp3) is 0.417. The molecule has 1 atom stereocenters. The van der Waals surface area contributed by atoms with Gasteiger partial charge in [0.1, 0.15) is 17.6 Å². The summed E-state index contributed by atoms with van der Waals surface area (Å²) < 4.78 is 12.2. The molecule has 32 heavy (non-hydrogen) atoms. The Morgan fingerprint density at radius 1 is 1.25 bits per heavy atom. The van der Waals surface area contributed by atoms with Crippen molar-refractivity contribution in [1.29, 1.82) is 10.8 Å². The van der Waals surface area contributed by atoms with Crippen LogP contribution in [0.5, 0.6) is 17.4 Å². The Balaban J connectivity index is 1.35. The van der Waals surface area contributed by atoms with Crippen LogP contribution in [0.3, 0.4) is 0 Å². The zero-order valence-electron chi connectivity index (χ0n) is 18.0. The average Bonchev–Trinajstić information content (AvgIpc) is 2.80. The highest BCUT2D eigenvalue weighted by atomic mass is 16.5. The molecule has 0 bridgehead atoms. The quantitative estimate of drug-likeness (QED) is 0.549. The zero-order valence-corrected chi connectivity index (χ0v) is 18.0. The maximum absolute atomic E-state index is 11.4. The first-order valence-electron chi connectivity index (χ1n) is 11.0. The van der Waals surface area contributed by atoms with E-state index in [4.69, 9.17) is 26.0 Å². The van der Waals surface area contributed by atoms with E-state index in [-0.39, 0.29) is 24.3 Å². The summed E-state index contributed by atoms with van der Waals surface area (Å²) in [6.45, 7) is 2.60. The number of nitrogens with two attached hydrogens (primary N) is 1. The zero-order chi connectivity index (χ0) is 22.5. The number of likely N-dealkylation sites (tertiary alicyclic amines) is 1. The van der Waals surface area contributed by atoms with Crippen LogP contribution in [0.1, 0.15) is 36.8 Å². The number of pyridine rings is 1. The standard InChI is InChI=1S/C24H29N5O3/c25-10-7-21(26)18-3-6-23(28-14-18)32-19-4-1-16-2-5-20(31-22(16)13-19)15-29-11-8-17(9-12-29)24(27)30/h1,3-4,6,10,13-14,17,20,25-26H,2,5,7-9,11-12,15H2,(H2,27,30). The Morgan fingerprint density at radius 2 is 2.06 bits per heavy atom. The number of primary amides is 1. The molecule has 8 nitrogen and oxygen atoms in total. The van der Waals surface area contributed by atoms with Crippen LogP contribution in [0, 0.1) is 16.7 Å². The summed E-state index contributed by atoms with van der Waals surface area (Å²) in [5.74, 6) is 1.76. The van der Waals surface area contributed by atoms with E-state index in [2.05, 4.69) is 9.88 Å². The van der Waals surface area contributed by atoms with E-state index in [1.807, 2.05) is 18.2 Å². The van der Waals surface area contributed by atoms with E-state index < -0.39 is 0 Å². The summed E-state index contributed by atoms with van der Waals surface area (Å²) in [5, 5.41) is 15.0. The maximum atomic E-state index is 11.4. The lowest BCUT2D eigenvalue weighted by atomic mass is 9.95. The van der Waals surface area contributed by atoms with Gasteiger partial charge in [-0.05, 0) is 56.5 Å². The molecule has 3 heterocycles. The summed E-state index contributed by atoms with van der Waals surface area (Å²) in [4.78, 5) is 18.0. The molecule has 0 radical (unpaired) electrons. The summed E-state index contributed by atoms with van der Waals surface area (Å²) in [6.07, 6.45) is 6.76. The number of hydrogen-bond donors (Lipinski definition) is 3. The van der Waals surface area contributed by atoms with E-state index in [0.29, 0.717) is 22.9 Å². The molecule has 2 aliphatic heterocycles. The number of piperidine rings is 1. The molecule has 1 saturated heterocycles. The fourth-order valence-electron chi connectivity index (χ4n) is 4.25. The van der Waals surface area contributed by atoms with Gasteiger partial charge >= 0.3 is 0 Å². The van der Waals surface area contributed by atoms with Gasteiger partial charge in [-0.1, -0.05) is 6.07 Å². The third-order valence-corrected chi connectivity index (χ3v) is 6.13. The second kappa shape index (κ2) is 9.91. The Bertz CT molecular complexity index is 984. The summed E-state index contributed by atoms with van der Waals surface area (Å²) in [5.41, 5.74) is 7.64. The first kappa shape index (κ1) is 22.0. The third kappa shape index (κ3) is 5.31. The van der Waals surface area contributed by atoms with Gasteiger partial charge in [0.2, 0.25) is 11.8 Å². The lowest BCUT2D eigenvalue weighted by molar-refractivity contribution is -0.123. The summed E-state index contributed by atoms with van der Waals surface area (Å²) in [6, 6.07) is 9.37. The van der Waals surface area contributed by atoms with Crippen molar-refractivity contribution in [3.05, 3.63) is 47.7 Å². The number of aryl methyl sites for hydroxylation is 1. The van der Waals surface area contributed by atoms with E-state index in [9.17, 15) is 4.79 Å². The van der Waals surface area contributed by atoms with Crippen LogP contribution in [-0.4, -0.2) is 53.5 Å². The van der Waals surface area contributed by atoms with Crippen LogP contribution >= 0.6 is 0 Å². The van der Waals surface area contributed by atoms with E-state index >= 15 is 0 Å². The number of aromatic nitrogens is 1. The topological polar surface area (TPSA) is 125 Å². The van der Waals surface area contributed by atoms with E-state index in [1.165, 1.54) is 11.8 Å². The van der Waals surface area contributed by atoms with Gasteiger partial charge in [0.05, 0.1) is 0 Å². The molecular weight excluding hydrogens is 406 g/mol. The highest BCUT2D eigenvalue weighted by Crippen LogP contribution is 2.33. The second-order valence-corrected chi connectivity index (χ2v) is 8.40. The smallest absolute Gasteiger partial charge is 0.220 e. The molecule has 1 fully saturated rings. The minimum absolute atomic E-state index is 0.00299. The number of rotatable bonds is 8. The normalized spacial score (nSPS) is 18.9. The second-order valence-electron chi connectivity index (χ2n) is 8.40. The molecule has 0 aliphatic carbocycles. The molecule has 8 heteroatoms. The van der Waals surface area contributed by atoms with Crippen LogP contribution in [0.15, 0.2) is 36.5 Å². The molecule has 1 aromatic carbocycles. The van der Waals surface area contributed by atoms with E-state index in [0.717, 1.165) is 51.1 Å². The van der Waals surface area contributed by atoms with Crippen molar-refractivity contribution in [2.24, 2.45) is 11.7 Å². The number of benzene rings is 1. The van der Waals surface area contributed by atoms with Crippen molar-refractivity contribution < 1.29 is 14.3 Å². The number of hydrogen-bond acceptors (Lipinski definition) is 7. The Kier molecular flexibility index (Phi) is 6.80. The molecule has 168 valence electrons. The number of carbonyl (C=O) groups is 1. The monoisotopic (exact) mass is 435 g/mol. The highest BCUT2D eigenvalue weighted by Gasteiger charge is 2.27. The van der Waals surface area contributed by atoms with Crippen molar-refractivity contribution in [3.63, 3.8) is 0 Å². The van der Waals surface area contributed by atoms with Gasteiger partial charge in [-0.15, -0.1) is 0 Å². The van der Waals surface area contributed by atoms with Crippen molar-refractivity contribution in [1.82, 2.24) is 9.88 Å². The Hall–Kier alpha value is -3.26. The predicted molar refractivity (Wildman–Crippen MR) is 122 cm³/mol. The maximum Gasteiger partial charge on any atom is 0.220 e. The lowest BCUT2D eigenvalue weighted by Crippen LogP contribution is -2.43. The first-order valence-corrected chi connectivity index (χ1v) is 11.0. The molecule has 4 rings (SSSR count). The van der Waals surface area contributed by atoms with Crippen LogP contribution in [0.2, 0.25) is 0 Å². The largest absolute Gasteiger partial charge is 0.489 e. The molecule has 2 aliphatic rings. The van der Waals surface area contributed by atoms with E-state index in [1.54, 1.807) is 18.3 Å². The highest BCUT2D eigenvalue weighted by molar-refractivity contribution is 6.04. The molecule has 0 saturated carbocycles. The number of fused-ring (bicyclic) bond motifs is 1. The molecule has 1 unspecified atom stereocenters. The van der Waals surface area contributed by atoms with Crippen LogP contribution < -0.4 is 15.2 Å². The van der Waals surface area contributed by atoms with Crippen molar-refractivity contribution in [3.8, 4) is 17.4 Å². The Morgan fingerprint density at radius 3 is 2.75 bits per heavy atom. The molecule has 2 aromatic rings. The number of nitrogens with zero attached hydrogens (tertiary/aromatic N) is 2. The predicted octanol–water partition coefficient (Wildman–Crippen LogP) is 3.17. The SMILES string of the molecule is N=CCC(=N)c1ccc(Oc2ccc3c(c2)OC(CN2CCC(C(N)=O)CC2)CC3)nc1. The van der Waals surface area contributed by atoms with Gasteiger partial charge in [0.15, 0.2) is 0 Å². The van der Waals surface area contributed by atoms with Crippen molar-refractivity contribution in [2.75, 3.05) is 19.6 Å². The number of carbonyl (C=O) groups excluding carboxylic acids is 1. The molecule has 4 N–H and O–H groups in total. The minimum Gasteiger partial charge on any atom is -0.489 e. The third-order valence-electron chi connectivity index (χ3n) is 6.13. The van der Waals surface area contributed by atoms with Gasteiger partial charge in [0.25, 0.3) is 0 Å². The number of nitrogens with one attached hydrogen (secondary N) is 2. The molecule has 1 amide bonds. The van der Waals surface area contributed by atoms with Crippen LogP contribution in [0.4, 0.5) is 0 Å². The molecule has 1 aromatic heterocycles. The Labute approximate surface area is 187 Å². The van der Waals surface area contributed by atoms with Gasteiger partial charge in [-0.2, -0.15) is 0 Å². The molecular formula is C24H29N5O3. The van der Waals surface area contributed by atoms with Crippen molar-refractivity contribution >= 4 is 17.8 Å². The fourth-order valence-corrected chi connectivity index (χ4v) is 4.25. The van der Waals surface area contributed by atoms with Gasteiger partial charge in [0, 0.05) is 54.7 Å². The number of ether oxygens (including phenoxy) is 2. The van der Waals surface area contributed by atoms with Crippen molar-refractivity contribution in [2.45, 2.75) is 38.2 Å². The minimum atomic E-state index is -0.186. The summed E-state index contributed by atoms with van der Waals surface area (Å²) >= 11 is 0. The van der Waals surface area contributed by atoms with Gasteiger partial charge in [-0.3, -0.25) is 9.69 Å². The van der Waals surface area contributed by atoms with Crippen LogP contribution in [-0.2, 0) is 11.2 Å².